The van der Waals surface area contributed by atoms with Gasteiger partial charge in [0.15, 0.2) is 6.61 Å². The predicted molar refractivity (Wildman–Crippen MR) is 87.4 cm³/mol. The van der Waals surface area contributed by atoms with Crippen molar-refractivity contribution in [2.75, 3.05) is 11.9 Å². The number of anilines is 1. The summed E-state index contributed by atoms with van der Waals surface area (Å²) >= 11 is 5.88. The highest BCUT2D eigenvalue weighted by Gasteiger charge is 2.20. The molecule has 1 heterocycles. The molecule has 24 heavy (non-hydrogen) atoms. The summed E-state index contributed by atoms with van der Waals surface area (Å²) in [6.45, 7) is 5.57. The molecule has 9 heteroatoms. The number of nitrogens with one attached hydrogen (secondary N) is 1. The zero-order valence-electron chi connectivity index (χ0n) is 13.3. The number of benzene rings is 1. The van der Waals surface area contributed by atoms with Crippen molar-refractivity contribution in [3.05, 3.63) is 45.1 Å². The average Bonchev–Trinajstić information content (AvgIpc) is 2.94. The minimum Gasteiger partial charge on any atom is -0.482 e. The van der Waals surface area contributed by atoms with Crippen LogP contribution in [0.2, 0.25) is 5.02 Å². The van der Waals surface area contributed by atoms with Gasteiger partial charge < -0.3 is 9.26 Å². The first-order chi connectivity index (χ1) is 11.2. The number of aromatic nitrogens is 1. The molecular weight excluding hydrogens is 338 g/mol. The van der Waals surface area contributed by atoms with Gasteiger partial charge in [0, 0.05) is 23.6 Å². The minimum absolute atomic E-state index is 0.0479. The smallest absolute Gasteiger partial charge is 0.271 e. The van der Waals surface area contributed by atoms with Gasteiger partial charge in [-0.2, -0.15) is 0 Å². The van der Waals surface area contributed by atoms with Gasteiger partial charge in [-0.15, -0.1) is 0 Å². The van der Waals surface area contributed by atoms with Crippen LogP contribution in [0.15, 0.2) is 28.8 Å². The lowest BCUT2D eigenvalue weighted by molar-refractivity contribution is -0.384. The number of hydrogen-bond acceptors (Lipinski definition) is 6. The van der Waals surface area contributed by atoms with Crippen molar-refractivity contribution in [3.63, 3.8) is 0 Å². The van der Waals surface area contributed by atoms with E-state index in [9.17, 15) is 14.9 Å². The Morgan fingerprint density at radius 2 is 2.12 bits per heavy atom. The molecule has 0 unspecified atom stereocenters. The first-order valence-electron chi connectivity index (χ1n) is 7.00. The van der Waals surface area contributed by atoms with E-state index in [0.29, 0.717) is 5.69 Å². The van der Waals surface area contributed by atoms with Crippen LogP contribution in [0.4, 0.5) is 11.6 Å². The molecule has 1 aromatic carbocycles. The van der Waals surface area contributed by atoms with Crippen molar-refractivity contribution < 1.29 is 19.0 Å². The van der Waals surface area contributed by atoms with Gasteiger partial charge in [0.2, 0.25) is 5.88 Å². The van der Waals surface area contributed by atoms with Crippen molar-refractivity contribution in [2.24, 2.45) is 0 Å². The van der Waals surface area contributed by atoms with E-state index in [4.69, 9.17) is 20.9 Å². The summed E-state index contributed by atoms with van der Waals surface area (Å²) in [6, 6.07) is 5.36. The Labute approximate surface area is 142 Å². The number of ether oxygens (including phenoxy) is 1. The van der Waals surface area contributed by atoms with Crippen LogP contribution in [-0.4, -0.2) is 22.6 Å². The van der Waals surface area contributed by atoms with Crippen LogP contribution in [-0.2, 0) is 10.2 Å². The number of rotatable bonds is 5. The van der Waals surface area contributed by atoms with Crippen molar-refractivity contribution in [1.82, 2.24) is 5.16 Å². The predicted octanol–water partition coefficient (Wildman–Crippen LogP) is 3.55. The fourth-order valence-corrected chi connectivity index (χ4v) is 1.95. The number of nitro groups is 1. The molecule has 2 rings (SSSR count). The van der Waals surface area contributed by atoms with Crippen molar-refractivity contribution in [3.8, 4) is 5.75 Å². The summed E-state index contributed by atoms with van der Waals surface area (Å²) < 4.78 is 10.3. The number of non-ortho nitro benzene ring substituents is 1. The van der Waals surface area contributed by atoms with Crippen molar-refractivity contribution in [2.45, 2.75) is 26.2 Å². The summed E-state index contributed by atoms with van der Waals surface area (Å²) in [4.78, 5) is 21.9. The van der Waals surface area contributed by atoms with Gasteiger partial charge in [-0.05, 0) is 6.07 Å². The van der Waals surface area contributed by atoms with Gasteiger partial charge in [0.05, 0.1) is 15.6 Å². The van der Waals surface area contributed by atoms with Crippen LogP contribution in [0, 0.1) is 10.1 Å². The van der Waals surface area contributed by atoms with Gasteiger partial charge in [-0.1, -0.05) is 37.5 Å². The molecular formula is C15H16ClN3O5. The molecule has 128 valence electrons. The summed E-state index contributed by atoms with van der Waals surface area (Å²) in [5.41, 5.74) is 0.347. The molecule has 0 aliphatic heterocycles. The van der Waals surface area contributed by atoms with Crippen LogP contribution < -0.4 is 10.1 Å². The zero-order chi connectivity index (χ0) is 17.9. The van der Waals surface area contributed by atoms with E-state index >= 15 is 0 Å². The first-order valence-corrected chi connectivity index (χ1v) is 7.38. The van der Waals surface area contributed by atoms with Gasteiger partial charge in [0.1, 0.15) is 5.75 Å². The maximum atomic E-state index is 11.9. The topological polar surface area (TPSA) is 108 Å². The van der Waals surface area contributed by atoms with Gasteiger partial charge >= 0.3 is 0 Å². The molecule has 1 N–H and O–H groups in total. The lowest BCUT2D eigenvalue weighted by Gasteiger charge is -2.12. The molecule has 1 aromatic heterocycles. The van der Waals surface area contributed by atoms with Crippen LogP contribution >= 0.6 is 11.6 Å². The second kappa shape index (κ2) is 6.88. The SMILES string of the molecule is CC(C)(C)c1cc(NC(=O)COc2ccc([N+](=O)[O-])cc2Cl)on1. The summed E-state index contributed by atoms with van der Waals surface area (Å²) in [6.07, 6.45) is 0. The number of nitrogens with zero attached hydrogens (tertiary/aromatic N) is 2. The Balaban J connectivity index is 1.94. The van der Waals surface area contributed by atoms with Crippen LogP contribution in [0.3, 0.4) is 0 Å². The van der Waals surface area contributed by atoms with E-state index in [1.54, 1.807) is 6.07 Å². The third kappa shape index (κ3) is 4.45. The quantitative estimate of drug-likeness (QED) is 0.650. The number of hydrogen-bond donors (Lipinski definition) is 1. The van der Waals surface area contributed by atoms with E-state index < -0.39 is 10.8 Å². The van der Waals surface area contributed by atoms with Crippen molar-refractivity contribution in [1.29, 1.82) is 0 Å². The molecule has 0 aliphatic carbocycles. The molecule has 1 amide bonds. The van der Waals surface area contributed by atoms with Gasteiger partial charge in [-0.3, -0.25) is 20.2 Å². The minimum atomic E-state index is -0.570. The van der Waals surface area contributed by atoms with E-state index in [0.717, 1.165) is 6.07 Å². The number of carbonyl (C=O) groups excluding carboxylic acids is 1. The number of carbonyl (C=O) groups is 1. The van der Waals surface area contributed by atoms with E-state index in [1.165, 1.54) is 12.1 Å². The second-order valence-electron chi connectivity index (χ2n) is 6.04. The highest BCUT2D eigenvalue weighted by Crippen LogP contribution is 2.28. The van der Waals surface area contributed by atoms with Crippen molar-refractivity contribution >= 4 is 29.1 Å². The summed E-state index contributed by atoms with van der Waals surface area (Å²) in [5, 5.41) is 17.1. The number of amides is 1. The van der Waals surface area contributed by atoms with Gasteiger partial charge in [-0.25, -0.2) is 0 Å². The van der Waals surface area contributed by atoms with Crippen LogP contribution in [0.1, 0.15) is 26.5 Å². The molecule has 0 saturated heterocycles. The standard InChI is InChI=1S/C15H16ClN3O5/c1-15(2,3)12-7-14(24-18-12)17-13(20)8-23-11-5-4-9(19(21)22)6-10(11)16/h4-7H,8H2,1-3H3,(H,17,20). The molecule has 0 atom stereocenters. The average molecular weight is 354 g/mol. The molecule has 0 saturated carbocycles. The monoisotopic (exact) mass is 353 g/mol. The van der Waals surface area contributed by atoms with E-state index in [1.807, 2.05) is 20.8 Å². The Hall–Kier alpha value is -2.61. The normalized spacial score (nSPS) is 11.2. The van der Waals surface area contributed by atoms with E-state index in [2.05, 4.69) is 10.5 Å². The lowest BCUT2D eigenvalue weighted by Crippen LogP contribution is -2.20. The fraction of sp³-hybridized carbons (Fsp3) is 0.333. The third-order valence-electron chi connectivity index (χ3n) is 3.03. The Kier molecular flexibility index (Phi) is 5.08. The highest BCUT2D eigenvalue weighted by molar-refractivity contribution is 6.32. The molecule has 0 aliphatic rings. The first kappa shape index (κ1) is 17.7. The number of halogens is 1. The lowest BCUT2D eigenvalue weighted by atomic mass is 9.92. The maximum absolute atomic E-state index is 11.9. The molecule has 0 radical (unpaired) electrons. The molecule has 8 nitrogen and oxygen atoms in total. The Bertz CT molecular complexity index is 767. The molecule has 0 fully saturated rings. The molecule has 2 aromatic rings. The third-order valence-corrected chi connectivity index (χ3v) is 3.32. The van der Waals surface area contributed by atoms with Gasteiger partial charge in [0.25, 0.3) is 11.6 Å². The second-order valence-corrected chi connectivity index (χ2v) is 6.44. The molecule has 0 spiro atoms. The Morgan fingerprint density at radius 3 is 2.67 bits per heavy atom. The largest absolute Gasteiger partial charge is 0.482 e. The zero-order valence-corrected chi connectivity index (χ0v) is 14.1. The van der Waals surface area contributed by atoms with Crippen LogP contribution in [0.5, 0.6) is 5.75 Å². The Morgan fingerprint density at radius 1 is 1.42 bits per heavy atom. The summed E-state index contributed by atoms with van der Waals surface area (Å²) in [7, 11) is 0. The van der Waals surface area contributed by atoms with Crippen LogP contribution in [0.25, 0.3) is 0 Å². The summed E-state index contributed by atoms with van der Waals surface area (Å²) in [5.74, 6) is -0.0882. The number of nitro benzene ring substituents is 1. The highest BCUT2D eigenvalue weighted by atomic mass is 35.5. The maximum Gasteiger partial charge on any atom is 0.271 e. The molecule has 0 bridgehead atoms. The van der Waals surface area contributed by atoms with E-state index in [-0.39, 0.29) is 34.4 Å². The fourth-order valence-electron chi connectivity index (χ4n) is 1.72.